The Morgan fingerprint density at radius 3 is 2.53 bits per heavy atom. The highest BCUT2D eigenvalue weighted by atomic mass is 32.2. The Morgan fingerprint density at radius 1 is 1.02 bits per heavy atom. The molecule has 2 heterocycles. The summed E-state index contributed by atoms with van der Waals surface area (Å²) in [7, 11) is 0. The number of amides is 3. The van der Waals surface area contributed by atoms with Gasteiger partial charge in [0.15, 0.2) is 17.6 Å². The van der Waals surface area contributed by atoms with E-state index in [4.69, 9.17) is 9.47 Å². The molecule has 4 N–H and O–H groups in total. The second-order valence-electron chi connectivity index (χ2n) is 11.2. The zero-order valence-electron chi connectivity index (χ0n) is 24.2. The van der Waals surface area contributed by atoms with Crippen molar-refractivity contribution in [3.05, 3.63) is 89.0 Å². The molecule has 3 unspecified atom stereocenters. The normalized spacial score (nSPS) is 18.1. The summed E-state index contributed by atoms with van der Waals surface area (Å²) >= 11 is 1.44. The minimum atomic E-state index is -1.64. The summed E-state index contributed by atoms with van der Waals surface area (Å²) in [6.45, 7) is 5.75. The summed E-state index contributed by atoms with van der Waals surface area (Å²) < 4.78 is 10.1. The lowest BCUT2D eigenvalue weighted by molar-refractivity contribution is -0.147. The van der Waals surface area contributed by atoms with Gasteiger partial charge in [-0.25, -0.2) is 0 Å². The third kappa shape index (κ3) is 6.57. The molecule has 10 nitrogen and oxygen atoms in total. The lowest BCUT2D eigenvalue weighted by Gasteiger charge is -2.33. The molecule has 0 aromatic heterocycles. The molecule has 0 saturated carbocycles. The number of nitrogens with one attached hydrogen (secondary N) is 2. The van der Waals surface area contributed by atoms with Crippen LogP contribution in [0.1, 0.15) is 40.9 Å². The number of nitrogens with zero attached hydrogens (tertiary/aromatic N) is 1. The SMILES string of the molecule is Cc1c(O)cccc1C(=O)NC(Cc1ccccc1)C(O)C(=O)N1CSC(C)(C)C1C(=O)NCc1ccc2c(c1)OCO2. The van der Waals surface area contributed by atoms with Crippen molar-refractivity contribution in [2.45, 2.75) is 56.7 Å². The Labute approximate surface area is 254 Å². The Kier molecular flexibility index (Phi) is 8.84. The van der Waals surface area contributed by atoms with Gasteiger partial charge < -0.3 is 35.2 Å². The number of phenols is 1. The number of aliphatic hydroxyl groups excluding tert-OH is 1. The quantitative estimate of drug-likeness (QED) is 0.292. The standard InChI is InChI=1S/C32H35N3O7S/c1-19-22(10-7-11-24(19)36)29(38)34-23(14-20-8-5-4-6-9-20)27(37)31(40)35-17-43-32(2,3)28(35)30(39)33-16-21-12-13-25-26(15-21)42-18-41-25/h4-13,15,23,27-28,36-37H,14,16-18H2,1-3H3,(H,33,39)(H,34,38). The number of hydrogen-bond donors (Lipinski definition) is 4. The maximum Gasteiger partial charge on any atom is 0.254 e. The molecule has 11 heteroatoms. The van der Waals surface area contributed by atoms with E-state index >= 15 is 0 Å². The van der Waals surface area contributed by atoms with E-state index in [9.17, 15) is 24.6 Å². The predicted molar refractivity (Wildman–Crippen MR) is 162 cm³/mol. The molecule has 226 valence electrons. The number of ether oxygens (including phenoxy) is 2. The second kappa shape index (κ2) is 12.6. The number of carbonyl (C=O) groups is 3. The van der Waals surface area contributed by atoms with Crippen molar-refractivity contribution in [3.8, 4) is 17.2 Å². The number of hydrogen-bond acceptors (Lipinski definition) is 8. The fraction of sp³-hybridized carbons (Fsp3) is 0.344. The van der Waals surface area contributed by atoms with E-state index in [1.54, 1.807) is 31.2 Å². The molecule has 0 spiro atoms. The average molecular weight is 606 g/mol. The molecule has 2 aliphatic heterocycles. The van der Waals surface area contributed by atoms with E-state index in [1.807, 2.05) is 50.2 Å². The maximum atomic E-state index is 13.9. The average Bonchev–Trinajstić information content (AvgIpc) is 3.59. The van der Waals surface area contributed by atoms with Gasteiger partial charge in [0.25, 0.3) is 11.8 Å². The van der Waals surface area contributed by atoms with Crippen molar-refractivity contribution in [1.29, 1.82) is 0 Å². The van der Waals surface area contributed by atoms with Crippen LogP contribution in [0.2, 0.25) is 0 Å². The number of thioether (sulfide) groups is 1. The molecule has 0 radical (unpaired) electrons. The van der Waals surface area contributed by atoms with Crippen molar-refractivity contribution < 1.29 is 34.1 Å². The largest absolute Gasteiger partial charge is 0.508 e. The first kappa shape index (κ1) is 30.2. The van der Waals surface area contributed by atoms with E-state index in [1.165, 1.54) is 22.7 Å². The summed E-state index contributed by atoms with van der Waals surface area (Å²) in [5, 5.41) is 27.3. The molecule has 5 rings (SSSR count). The Morgan fingerprint density at radius 2 is 1.77 bits per heavy atom. The Hall–Kier alpha value is -4.22. The van der Waals surface area contributed by atoms with Crippen molar-refractivity contribution in [3.63, 3.8) is 0 Å². The van der Waals surface area contributed by atoms with Crippen molar-refractivity contribution >= 4 is 29.5 Å². The second-order valence-corrected chi connectivity index (χ2v) is 12.8. The minimum Gasteiger partial charge on any atom is -0.508 e. The molecule has 3 aromatic carbocycles. The molecule has 43 heavy (non-hydrogen) atoms. The van der Waals surface area contributed by atoms with Crippen LogP contribution in [0, 0.1) is 6.92 Å². The van der Waals surface area contributed by atoms with Crippen molar-refractivity contribution in [2.75, 3.05) is 12.7 Å². The van der Waals surface area contributed by atoms with Gasteiger partial charge in [-0.2, -0.15) is 0 Å². The predicted octanol–water partition coefficient (Wildman–Crippen LogP) is 3.13. The zero-order valence-corrected chi connectivity index (χ0v) is 25.0. The van der Waals surface area contributed by atoms with Crippen LogP contribution in [-0.4, -0.2) is 68.4 Å². The smallest absolute Gasteiger partial charge is 0.254 e. The van der Waals surface area contributed by atoms with E-state index < -0.39 is 34.7 Å². The molecule has 0 bridgehead atoms. The van der Waals surface area contributed by atoms with Gasteiger partial charge in [0, 0.05) is 22.4 Å². The number of carbonyl (C=O) groups excluding carboxylic acids is 3. The van der Waals surface area contributed by atoms with E-state index in [2.05, 4.69) is 10.6 Å². The third-order valence-electron chi connectivity index (χ3n) is 7.78. The lowest BCUT2D eigenvalue weighted by atomic mass is 9.96. The number of aromatic hydroxyl groups is 1. The molecule has 1 fully saturated rings. The number of benzene rings is 3. The first-order valence-corrected chi connectivity index (χ1v) is 15.0. The van der Waals surface area contributed by atoms with Crippen LogP contribution in [0.25, 0.3) is 0 Å². The van der Waals surface area contributed by atoms with Crippen LogP contribution >= 0.6 is 11.8 Å². The summed E-state index contributed by atoms with van der Waals surface area (Å²) in [5.74, 6) is -0.128. The van der Waals surface area contributed by atoms with Gasteiger partial charge in [-0.1, -0.05) is 42.5 Å². The monoisotopic (exact) mass is 605 g/mol. The number of fused-ring (bicyclic) bond motifs is 1. The van der Waals surface area contributed by atoms with Gasteiger partial charge in [0.2, 0.25) is 12.7 Å². The Bertz CT molecular complexity index is 1510. The lowest BCUT2D eigenvalue weighted by Crippen LogP contribution is -2.58. The third-order valence-corrected chi connectivity index (χ3v) is 9.15. The first-order chi connectivity index (χ1) is 20.5. The molecular formula is C32H35N3O7S. The molecule has 3 atom stereocenters. The fourth-order valence-electron chi connectivity index (χ4n) is 5.32. The van der Waals surface area contributed by atoms with Crippen LogP contribution in [0.5, 0.6) is 17.2 Å². The van der Waals surface area contributed by atoms with Gasteiger partial charge >= 0.3 is 0 Å². The molecule has 0 aliphatic carbocycles. The minimum absolute atomic E-state index is 0.0326. The molecule has 3 amide bonds. The van der Waals surface area contributed by atoms with Gasteiger partial charge in [-0.3, -0.25) is 14.4 Å². The summed E-state index contributed by atoms with van der Waals surface area (Å²) in [5.41, 5.74) is 2.24. The van der Waals surface area contributed by atoms with Gasteiger partial charge in [-0.05, 0) is 62.6 Å². The van der Waals surface area contributed by atoms with Gasteiger partial charge in [0.05, 0.1) is 11.9 Å². The van der Waals surface area contributed by atoms with Crippen LogP contribution in [0.3, 0.4) is 0 Å². The highest BCUT2D eigenvalue weighted by Crippen LogP contribution is 2.40. The van der Waals surface area contributed by atoms with Crippen LogP contribution < -0.4 is 20.1 Å². The van der Waals surface area contributed by atoms with Crippen molar-refractivity contribution in [2.24, 2.45) is 0 Å². The van der Waals surface area contributed by atoms with Gasteiger partial charge in [-0.15, -0.1) is 11.8 Å². The molecule has 3 aromatic rings. The summed E-state index contributed by atoms with van der Waals surface area (Å²) in [4.78, 5) is 42.1. The molecule has 1 saturated heterocycles. The number of rotatable bonds is 9. The van der Waals surface area contributed by atoms with Crippen LogP contribution in [0.4, 0.5) is 0 Å². The highest BCUT2D eigenvalue weighted by molar-refractivity contribution is 8.00. The zero-order chi connectivity index (χ0) is 30.7. The van der Waals surface area contributed by atoms with E-state index in [-0.39, 0.29) is 42.9 Å². The first-order valence-electron chi connectivity index (χ1n) is 14.0. The summed E-state index contributed by atoms with van der Waals surface area (Å²) in [6.07, 6.45) is -1.47. The highest BCUT2D eigenvalue weighted by Gasteiger charge is 2.49. The van der Waals surface area contributed by atoms with Crippen LogP contribution in [0.15, 0.2) is 66.7 Å². The Balaban J connectivity index is 1.34. The summed E-state index contributed by atoms with van der Waals surface area (Å²) in [6, 6.07) is 17.4. The molecule has 2 aliphatic rings. The molecular weight excluding hydrogens is 570 g/mol. The van der Waals surface area contributed by atoms with E-state index in [0.29, 0.717) is 17.1 Å². The number of aliphatic hydroxyl groups is 1. The fourth-order valence-corrected chi connectivity index (χ4v) is 6.46. The number of phenolic OH excluding ortho intramolecular Hbond substituents is 1. The van der Waals surface area contributed by atoms with E-state index in [0.717, 1.165) is 11.1 Å². The van der Waals surface area contributed by atoms with Crippen molar-refractivity contribution in [1.82, 2.24) is 15.5 Å². The topological polar surface area (TPSA) is 137 Å². The van der Waals surface area contributed by atoms with Crippen LogP contribution in [-0.2, 0) is 22.6 Å². The maximum absolute atomic E-state index is 13.9. The van der Waals surface area contributed by atoms with Gasteiger partial charge in [0.1, 0.15) is 11.8 Å².